The van der Waals surface area contributed by atoms with E-state index in [4.69, 9.17) is 0 Å². The van der Waals surface area contributed by atoms with Gasteiger partial charge in [-0.3, -0.25) is 0 Å². The summed E-state index contributed by atoms with van der Waals surface area (Å²) in [6.45, 7) is 3.88. The van der Waals surface area contributed by atoms with Crippen LogP contribution >= 0.6 is 0 Å². The molecular formula is C13H18FN3O. The lowest BCUT2D eigenvalue weighted by molar-refractivity contribution is 0.245. The molecule has 3 N–H and O–H groups in total. The summed E-state index contributed by atoms with van der Waals surface area (Å²) >= 11 is 0. The zero-order valence-electron chi connectivity index (χ0n) is 10.4. The first kappa shape index (κ1) is 12.8. The lowest BCUT2D eigenvalue weighted by atomic mass is 10.0. The lowest BCUT2D eigenvalue weighted by Crippen LogP contribution is -2.41. The molecule has 0 radical (unpaired) electrons. The van der Waals surface area contributed by atoms with Gasteiger partial charge in [0.15, 0.2) is 0 Å². The van der Waals surface area contributed by atoms with E-state index in [9.17, 15) is 9.18 Å². The van der Waals surface area contributed by atoms with Crippen molar-refractivity contribution in [1.82, 2.24) is 10.6 Å². The Hall–Kier alpha value is -1.62. The number of rotatable bonds is 3. The third-order valence-electron chi connectivity index (χ3n) is 3.29. The van der Waals surface area contributed by atoms with Crippen LogP contribution < -0.4 is 16.0 Å². The van der Waals surface area contributed by atoms with Crippen LogP contribution in [0.4, 0.5) is 14.9 Å². The van der Waals surface area contributed by atoms with Gasteiger partial charge < -0.3 is 16.0 Å². The maximum atomic E-state index is 13.3. The Bertz CT molecular complexity index is 418. The zero-order chi connectivity index (χ0) is 13.0. The molecule has 1 aliphatic rings. The molecule has 1 aliphatic heterocycles. The minimum atomic E-state index is -0.428. The first-order valence-electron chi connectivity index (χ1n) is 6.19. The Kier molecular flexibility index (Phi) is 4.15. The van der Waals surface area contributed by atoms with Gasteiger partial charge in [0.05, 0.1) is 5.69 Å². The third kappa shape index (κ3) is 3.20. The molecule has 98 valence electrons. The molecule has 0 spiro atoms. The SMILES string of the molecule is CC(NC(=O)Nc1ccccc1F)C1CCNC1. The average molecular weight is 251 g/mol. The molecule has 2 unspecified atom stereocenters. The molecule has 0 aromatic heterocycles. The number of para-hydroxylation sites is 1. The number of anilines is 1. The zero-order valence-corrected chi connectivity index (χ0v) is 10.4. The number of hydrogen-bond donors (Lipinski definition) is 3. The number of amides is 2. The van der Waals surface area contributed by atoms with Crippen molar-refractivity contribution >= 4 is 11.7 Å². The van der Waals surface area contributed by atoms with Crippen LogP contribution in [0.15, 0.2) is 24.3 Å². The van der Waals surface area contributed by atoms with Crippen LogP contribution in [0.2, 0.25) is 0 Å². The summed E-state index contributed by atoms with van der Waals surface area (Å²) in [7, 11) is 0. The quantitative estimate of drug-likeness (QED) is 0.769. The molecule has 4 nitrogen and oxygen atoms in total. The molecule has 0 saturated carbocycles. The fourth-order valence-electron chi connectivity index (χ4n) is 2.15. The van der Waals surface area contributed by atoms with Gasteiger partial charge in [-0.2, -0.15) is 0 Å². The van der Waals surface area contributed by atoms with Crippen LogP contribution in [-0.2, 0) is 0 Å². The van der Waals surface area contributed by atoms with E-state index in [-0.39, 0.29) is 17.8 Å². The maximum Gasteiger partial charge on any atom is 0.319 e. The number of halogens is 1. The third-order valence-corrected chi connectivity index (χ3v) is 3.29. The van der Waals surface area contributed by atoms with Gasteiger partial charge in [-0.25, -0.2) is 9.18 Å². The van der Waals surface area contributed by atoms with Gasteiger partial charge in [0.25, 0.3) is 0 Å². The van der Waals surface area contributed by atoms with Crippen molar-refractivity contribution in [3.05, 3.63) is 30.1 Å². The summed E-state index contributed by atoms with van der Waals surface area (Å²) in [6.07, 6.45) is 1.06. The molecule has 1 fully saturated rings. The normalized spacial score (nSPS) is 20.4. The summed E-state index contributed by atoms with van der Waals surface area (Å²) in [5.41, 5.74) is 0.201. The van der Waals surface area contributed by atoms with Crippen LogP contribution in [0.5, 0.6) is 0 Å². The fourth-order valence-corrected chi connectivity index (χ4v) is 2.15. The molecular weight excluding hydrogens is 233 g/mol. The van der Waals surface area contributed by atoms with E-state index in [1.165, 1.54) is 12.1 Å². The highest BCUT2D eigenvalue weighted by atomic mass is 19.1. The Morgan fingerprint density at radius 3 is 2.94 bits per heavy atom. The van der Waals surface area contributed by atoms with E-state index >= 15 is 0 Å². The minimum Gasteiger partial charge on any atom is -0.335 e. The maximum absolute atomic E-state index is 13.3. The Balaban J connectivity index is 1.86. The van der Waals surface area contributed by atoms with E-state index in [0.717, 1.165) is 19.5 Å². The highest BCUT2D eigenvalue weighted by molar-refractivity contribution is 5.89. The summed E-state index contributed by atoms with van der Waals surface area (Å²) in [4.78, 5) is 11.7. The summed E-state index contributed by atoms with van der Waals surface area (Å²) in [5.74, 6) is 0.0132. The highest BCUT2D eigenvalue weighted by Crippen LogP contribution is 2.14. The smallest absolute Gasteiger partial charge is 0.319 e. The van der Waals surface area contributed by atoms with Crippen LogP contribution in [0, 0.1) is 11.7 Å². The molecule has 2 rings (SSSR count). The van der Waals surface area contributed by atoms with Crippen LogP contribution in [-0.4, -0.2) is 25.2 Å². The van der Waals surface area contributed by atoms with Gasteiger partial charge in [-0.05, 0) is 44.5 Å². The number of carbonyl (C=O) groups excluding carboxylic acids is 1. The Labute approximate surface area is 106 Å². The van der Waals surface area contributed by atoms with E-state index in [0.29, 0.717) is 5.92 Å². The Morgan fingerprint density at radius 2 is 2.28 bits per heavy atom. The monoisotopic (exact) mass is 251 g/mol. The van der Waals surface area contributed by atoms with Gasteiger partial charge >= 0.3 is 6.03 Å². The molecule has 18 heavy (non-hydrogen) atoms. The van der Waals surface area contributed by atoms with E-state index in [2.05, 4.69) is 16.0 Å². The van der Waals surface area contributed by atoms with Gasteiger partial charge in [0.2, 0.25) is 0 Å². The van der Waals surface area contributed by atoms with Gasteiger partial charge in [-0.15, -0.1) is 0 Å². The molecule has 1 aromatic rings. The second-order valence-electron chi connectivity index (χ2n) is 4.62. The number of carbonyl (C=O) groups is 1. The summed E-state index contributed by atoms with van der Waals surface area (Å²) in [5, 5.41) is 8.61. The number of urea groups is 1. The summed E-state index contributed by atoms with van der Waals surface area (Å²) in [6, 6.07) is 5.84. The first-order valence-corrected chi connectivity index (χ1v) is 6.19. The van der Waals surface area contributed by atoms with Crippen molar-refractivity contribution in [2.24, 2.45) is 5.92 Å². The van der Waals surface area contributed by atoms with Crippen LogP contribution in [0.3, 0.4) is 0 Å². The van der Waals surface area contributed by atoms with Crippen molar-refractivity contribution in [3.63, 3.8) is 0 Å². The summed E-state index contributed by atoms with van der Waals surface area (Å²) < 4.78 is 13.3. The fraction of sp³-hybridized carbons (Fsp3) is 0.462. The van der Waals surface area contributed by atoms with Crippen molar-refractivity contribution in [1.29, 1.82) is 0 Å². The number of nitrogens with one attached hydrogen (secondary N) is 3. The molecule has 1 heterocycles. The largest absolute Gasteiger partial charge is 0.335 e. The predicted molar refractivity (Wildman–Crippen MR) is 69.0 cm³/mol. The highest BCUT2D eigenvalue weighted by Gasteiger charge is 2.22. The van der Waals surface area contributed by atoms with Gasteiger partial charge in [0.1, 0.15) is 5.82 Å². The van der Waals surface area contributed by atoms with Crippen molar-refractivity contribution in [3.8, 4) is 0 Å². The second-order valence-corrected chi connectivity index (χ2v) is 4.62. The topological polar surface area (TPSA) is 53.2 Å². The number of hydrogen-bond acceptors (Lipinski definition) is 2. The molecule has 0 bridgehead atoms. The molecule has 2 amide bonds. The van der Waals surface area contributed by atoms with Gasteiger partial charge in [-0.1, -0.05) is 12.1 Å². The van der Waals surface area contributed by atoms with Crippen LogP contribution in [0.1, 0.15) is 13.3 Å². The van der Waals surface area contributed by atoms with Crippen LogP contribution in [0.25, 0.3) is 0 Å². The minimum absolute atomic E-state index is 0.0757. The molecule has 1 aromatic carbocycles. The molecule has 1 saturated heterocycles. The Morgan fingerprint density at radius 1 is 1.50 bits per heavy atom. The van der Waals surface area contributed by atoms with Crippen molar-refractivity contribution in [2.75, 3.05) is 18.4 Å². The number of benzene rings is 1. The molecule has 2 atom stereocenters. The van der Waals surface area contributed by atoms with Crippen molar-refractivity contribution in [2.45, 2.75) is 19.4 Å². The van der Waals surface area contributed by atoms with Crippen molar-refractivity contribution < 1.29 is 9.18 Å². The van der Waals surface area contributed by atoms with E-state index < -0.39 is 5.82 Å². The molecule has 0 aliphatic carbocycles. The first-order chi connectivity index (χ1) is 8.66. The second kappa shape index (κ2) is 5.82. The van der Waals surface area contributed by atoms with E-state index in [1.807, 2.05) is 6.92 Å². The standard InChI is InChI=1S/C13H18FN3O/c1-9(10-6-7-15-8-10)16-13(18)17-12-5-3-2-4-11(12)14/h2-5,9-10,15H,6-8H2,1H3,(H2,16,17,18). The predicted octanol–water partition coefficient (Wildman–Crippen LogP) is 1.95. The average Bonchev–Trinajstić information content (AvgIpc) is 2.85. The van der Waals surface area contributed by atoms with Gasteiger partial charge in [0, 0.05) is 6.04 Å². The molecule has 5 heteroatoms. The lowest BCUT2D eigenvalue weighted by Gasteiger charge is -2.20. The van der Waals surface area contributed by atoms with E-state index in [1.54, 1.807) is 12.1 Å².